The first-order chi connectivity index (χ1) is 9.16. The van der Waals surface area contributed by atoms with Gasteiger partial charge in [0, 0.05) is 37.7 Å². The molecule has 0 aromatic carbocycles. The molecule has 0 unspecified atom stereocenters. The fraction of sp³-hybridized carbons (Fsp3) is 0.833. The Balaban J connectivity index is 3.18. The Hall–Kier alpha value is -0.400. The molecule has 7 heteroatoms. The Morgan fingerprint density at radius 1 is 1.16 bits per heavy atom. The van der Waals surface area contributed by atoms with Crippen molar-refractivity contribution < 1.29 is 19.4 Å². The van der Waals surface area contributed by atoms with E-state index in [1.807, 2.05) is 0 Å². The van der Waals surface area contributed by atoms with Crippen LogP contribution in [0.15, 0.2) is 0 Å². The highest BCUT2D eigenvalue weighted by molar-refractivity contribution is 8.76. The van der Waals surface area contributed by atoms with Crippen LogP contribution in [0, 0.1) is 0 Å². The van der Waals surface area contributed by atoms with E-state index < -0.39 is 5.97 Å². The van der Waals surface area contributed by atoms with Gasteiger partial charge in [-0.25, -0.2) is 0 Å². The van der Waals surface area contributed by atoms with Crippen LogP contribution in [-0.2, 0) is 14.3 Å². The standard InChI is InChI=1S/C12H23NO4S2/c1-2-7-17-8-3-4-11(14)13-6-10-19-18-9-5-12(15)16/h2-10H2,1H3,(H,13,14)(H,15,16). The number of aliphatic carboxylic acids is 1. The van der Waals surface area contributed by atoms with Gasteiger partial charge in [-0.1, -0.05) is 28.5 Å². The van der Waals surface area contributed by atoms with Crippen LogP contribution in [-0.4, -0.2) is 48.2 Å². The van der Waals surface area contributed by atoms with Gasteiger partial charge in [0.1, 0.15) is 0 Å². The summed E-state index contributed by atoms with van der Waals surface area (Å²) < 4.78 is 5.29. The first-order valence-corrected chi connectivity index (χ1v) is 8.96. The van der Waals surface area contributed by atoms with E-state index in [2.05, 4.69) is 12.2 Å². The molecule has 0 atom stereocenters. The maximum atomic E-state index is 11.4. The number of nitrogens with one attached hydrogen (secondary N) is 1. The molecule has 112 valence electrons. The van der Waals surface area contributed by atoms with E-state index in [1.165, 1.54) is 10.8 Å². The molecule has 0 aromatic rings. The molecule has 1 amide bonds. The molecule has 0 bridgehead atoms. The van der Waals surface area contributed by atoms with E-state index in [9.17, 15) is 9.59 Å². The van der Waals surface area contributed by atoms with Crippen molar-refractivity contribution in [3.8, 4) is 0 Å². The lowest BCUT2D eigenvalue weighted by Crippen LogP contribution is -2.25. The Kier molecular flexibility index (Phi) is 13.7. The summed E-state index contributed by atoms with van der Waals surface area (Å²) >= 11 is 0. The zero-order chi connectivity index (χ0) is 14.3. The van der Waals surface area contributed by atoms with Crippen LogP contribution in [0.25, 0.3) is 0 Å². The number of rotatable bonds is 13. The lowest BCUT2D eigenvalue weighted by Gasteiger charge is -2.05. The average molecular weight is 309 g/mol. The van der Waals surface area contributed by atoms with Crippen molar-refractivity contribution >= 4 is 33.5 Å². The molecule has 0 radical (unpaired) electrons. The summed E-state index contributed by atoms with van der Waals surface area (Å²) in [5, 5.41) is 11.3. The summed E-state index contributed by atoms with van der Waals surface area (Å²) in [4.78, 5) is 21.6. The predicted octanol–water partition coefficient (Wildman–Crippen LogP) is 2.17. The van der Waals surface area contributed by atoms with Crippen LogP contribution in [0.5, 0.6) is 0 Å². The van der Waals surface area contributed by atoms with Crippen molar-refractivity contribution in [2.75, 3.05) is 31.3 Å². The van der Waals surface area contributed by atoms with Crippen molar-refractivity contribution in [3.05, 3.63) is 0 Å². The monoisotopic (exact) mass is 309 g/mol. The fourth-order valence-electron chi connectivity index (χ4n) is 1.15. The number of carboxylic acids is 1. The second-order valence-electron chi connectivity index (χ2n) is 3.85. The molecule has 0 fully saturated rings. The summed E-state index contributed by atoms with van der Waals surface area (Å²) in [6.07, 6.45) is 2.44. The Labute approximate surface area is 122 Å². The van der Waals surface area contributed by atoms with E-state index >= 15 is 0 Å². The first-order valence-electron chi connectivity index (χ1n) is 6.47. The van der Waals surface area contributed by atoms with E-state index in [1.54, 1.807) is 10.8 Å². The summed E-state index contributed by atoms with van der Waals surface area (Å²) in [6.45, 7) is 4.07. The third kappa shape index (κ3) is 15.5. The maximum Gasteiger partial charge on any atom is 0.304 e. The van der Waals surface area contributed by atoms with E-state index in [0.29, 0.717) is 25.3 Å². The third-order valence-electron chi connectivity index (χ3n) is 2.03. The van der Waals surface area contributed by atoms with Crippen molar-refractivity contribution in [1.82, 2.24) is 5.32 Å². The predicted molar refractivity (Wildman–Crippen MR) is 80.5 cm³/mol. The third-order valence-corrected chi connectivity index (χ3v) is 4.44. The quantitative estimate of drug-likeness (QED) is 0.401. The molecule has 0 spiro atoms. The topological polar surface area (TPSA) is 75.6 Å². The Morgan fingerprint density at radius 2 is 1.89 bits per heavy atom. The highest BCUT2D eigenvalue weighted by atomic mass is 33.1. The number of carboxylic acid groups (broad SMARTS) is 1. The molecule has 0 saturated heterocycles. The van der Waals surface area contributed by atoms with Crippen molar-refractivity contribution in [1.29, 1.82) is 0 Å². The molecule has 0 aliphatic heterocycles. The molecule has 5 nitrogen and oxygen atoms in total. The minimum absolute atomic E-state index is 0.0521. The highest BCUT2D eigenvalue weighted by Crippen LogP contribution is 2.20. The van der Waals surface area contributed by atoms with E-state index in [0.717, 1.165) is 25.2 Å². The molecule has 0 rings (SSSR count). The smallest absolute Gasteiger partial charge is 0.304 e. The molecule has 0 saturated carbocycles. The first kappa shape index (κ1) is 18.6. The molecule has 0 aliphatic rings. The van der Waals surface area contributed by atoms with Crippen LogP contribution >= 0.6 is 21.6 Å². The van der Waals surface area contributed by atoms with Gasteiger partial charge in [-0.2, -0.15) is 0 Å². The largest absolute Gasteiger partial charge is 0.481 e. The number of carbonyl (C=O) groups excluding carboxylic acids is 1. The molecular formula is C12H23NO4S2. The fourth-order valence-corrected chi connectivity index (χ4v) is 3.03. The summed E-state index contributed by atoms with van der Waals surface area (Å²) in [5.41, 5.74) is 0. The van der Waals surface area contributed by atoms with Gasteiger partial charge in [-0.05, 0) is 12.8 Å². The Morgan fingerprint density at radius 3 is 2.58 bits per heavy atom. The second-order valence-corrected chi connectivity index (χ2v) is 6.56. The molecule has 0 aromatic heterocycles. The van der Waals surface area contributed by atoms with Crippen molar-refractivity contribution in [3.63, 3.8) is 0 Å². The number of ether oxygens (including phenoxy) is 1. The van der Waals surface area contributed by atoms with Gasteiger partial charge in [-0.15, -0.1) is 0 Å². The van der Waals surface area contributed by atoms with Gasteiger partial charge in [0.25, 0.3) is 0 Å². The molecule has 0 heterocycles. The maximum absolute atomic E-state index is 11.4. The molecule has 19 heavy (non-hydrogen) atoms. The highest BCUT2D eigenvalue weighted by Gasteiger charge is 2.01. The summed E-state index contributed by atoms with van der Waals surface area (Å²) in [5.74, 6) is 0.674. The normalized spacial score (nSPS) is 10.4. The minimum Gasteiger partial charge on any atom is -0.481 e. The van der Waals surface area contributed by atoms with Crippen LogP contribution in [0.4, 0.5) is 0 Å². The average Bonchev–Trinajstić information content (AvgIpc) is 2.37. The Bertz CT molecular complexity index is 252. The van der Waals surface area contributed by atoms with Crippen molar-refractivity contribution in [2.24, 2.45) is 0 Å². The van der Waals surface area contributed by atoms with Gasteiger partial charge in [0.2, 0.25) is 5.91 Å². The molecular weight excluding hydrogens is 286 g/mol. The molecule has 0 aliphatic carbocycles. The van der Waals surface area contributed by atoms with Crippen LogP contribution < -0.4 is 5.32 Å². The lowest BCUT2D eigenvalue weighted by atomic mass is 10.3. The van der Waals surface area contributed by atoms with E-state index in [-0.39, 0.29) is 12.3 Å². The van der Waals surface area contributed by atoms with Crippen molar-refractivity contribution in [2.45, 2.75) is 32.6 Å². The van der Waals surface area contributed by atoms with E-state index in [4.69, 9.17) is 9.84 Å². The number of hydrogen-bond acceptors (Lipinski definition) is 5. The SMILES string of the molecule is CCCOCCCC(=O)NCCSSCCC(=O)O. The van der Waals surface area contributed by atoms with Crippen LogP contribution in [0.1, 0.15) is 32.6 Å². The van der Waals surface area contributed by atoms with Gasteiger partial charge < -0.3 is 15.2 Å². The number of amides is 1. The van der Waals surface area contributed by atoms with Gasteiger partial charge >= 0.3 is 5.97 Å². The summed E-state index contributed by atoms with van der Waals surface area (Å²) in [7, 11) is 3.11. The number of carbonyl (C=O) groups is 2. The van der Waals surface area contributed by atoms with Gasteiger partial charge in [0.15, 0.2) is 0 Å². The number of hydrogen-bond donors (Lipinski definition) is 2. The second kappa shape index (κ2) is 14.0. The van der Waals surface area contributed by atoms with Crippen LogP contribution in [0.2, 0.25) is 0 Å². The van der Waals surface area contributed by atoms with Crippen LogP contribution in [0.3, 0.4) is 0 Å². The molecule has 2 N–H and O–H groups in total. The zero-order valence-corrected chi connectivity index (χ0v) is 13.0. The lowest BCUT2D eigenvalue weighted by molar-refractivity contribution is -0.136. The zero-order valence-electron chi connectivity index (χ0n) is 11.4. The van der Waals surface area contributed by atoms with Gasteiger partial charge in [-0.3, -0.25) is 9.59 Å². The van der Waals surface area contributed by atoms with Gasteiger partial charge in [0.05, 0.1) is 6.42 Å². The minimum atomic E-state index is -0.772. The summed E-state index contributed by atoms with van der Waals surface area (Å²) in [6, 6.07) is 0.